The maximum Gasteiger partial charge on any atom is 0.145 e. The molecule has 4 rings (SSSR count). The van der Waals surface area contributed by atoms with E-state index in [0.717, 1.165) is 52.1 Å². The van der Waals surface area contributed by atoms with E-state index in [1.165, 1.54) is 25.0 Å². The number of nitrogens with zero attached hydrogens (tertiary/aromatic N) is 3. The Kier molecular flexibility index (Phi) is 3.53. The molecule has 5 heteroatoms. The largest absolute Gasteiger partial charge is 0.328 e. The molecule has 1 aromatic carbocycles. The van der Waals surface area contributed by atoms with Gasteiger partial charge in [0.15, 0.2) is 0 Å². The van der Waals surface area contributed by atoms with Crippen LogP contribution in [-0.4, -0.2) is 14.1 Å². The minimum atomic E-state index is -0.225. The van der Waals surface area contributed by atoms with Crippen molar-refractivity contribution in [2.45, 2.75) is 32.2 Å². The monoisotopic (exact) mass is 327 g/mol. The lowest BCUT2D eigenvalue weighted by molar-refractivity contribution is 0.622. The highest BCUT2D eigenvalue weighted by Crippen LogP contribution is 2.28. The first-order valence-corrected chi connectivity index (χ1v) is 8.41. The van der Waals surface area contributed by atoms with Crippen LogP contribution in [-0.2, 0) is 20.0 Å². The predicted octanol–water partition coefficient (Wildman–Crippen LogP) is 4.64. The van der Waals surface area contributed by atoms with Crippen LogP contribution in [0.4, 0.5) is 4.39 Å². The smallest absolute Gasteiger partial charge is 0.145 e. The first-order chi connectivity index (χ1) is 11.1. The first-order valence-electron chi connectivity index (χ1n) is 8.00. The van der Waals surface area contributed by atoms with E-state index >= 15 is 0 Å². The van der Waals surface area contributed by atoms with Crippen molar-refractivity contribution >= 4 is 23.3 Å². The topological polar surface area (TPSA) is 22.8 Å². The molecular weight excluding hydrogens is 309 g/mol. The molecule has 2 aromatic heterocycles. The molecule has 0 bridgehead atoms. The molecule has 1 aliphatic rings. The number of hydrogen-bond donors (Lipinski definition) is 0. The summed E-state index contributed by atoms with van der Waals surface area (Å²) in [5, 5.41) is 1.01. The van der Waals surface area contributed by atoms with Crippen LogP contribution in [0.5, 0.6) is 0 Å². The number of benzene rings is 1. The molecule has 1 aliphatic heterocycles. The molecule has 0 spiro atoms. The van der Waals surface area contributed by atoms with Gasteiger partial charge in [-0.3, -0.25) is 0 Å². The summed E-state index contributed by atoms with van der Waals surface area (Å²) in [6.07, 6.45) is 4.54. The molecule has 0 N–H and O–H groups in total. The zero-order chi connectivity index (χ0) is 16.0. The standard InChI is InChI=1S/C18H18FN3S/c1-21-15(12-6-8-13(19)9-7-12)11-14-17(21)20-16-5-3-2-4-10-22(16)18(14)23/h6-9,11H,2-5,10H2,1H3. The molecular formula is C18H18FN3S. The Labute approximate surface area is 139 Å². The molecule has 23 heavy (non-hydrogen) atoms. The van der Waals surface area contributed by atoms with Gasteiger partial charge < -0.3 is 9.13 Å². The molecule has 3 aromatic rings. The van der Waals surface area contributed by atoms with Crippen molar-refractivity contribution < 1.29 is 4.39 Å². The minimum absolute atomic E-state index is 0.225. The summed E-state index contributed by atoms with van der Waals surface area (Å²) in [7, 11) is 2.00. The number of rotatable bonds is 1. The van der Waals surface area contributed by atoms with E-state index in [4.69, 9.17) is 17.2 Å². The van der Waals surface area contributed by atoms with Gasteiger partial charge >= 0.3 is 0 Å². The average molecular weight is 327 g/mol. The Morgan fingerprint density at radius 3 is 2.70 bits per heavy atom. The van der Waals surface area contributed by atoms with E-state index in [0.29, 0.717) is 0 Å². The van der Waals surface area contributed by atoms with E-state index in [2.05, 4.69) is 15.2 Å². The van der Waals surface area contributed by atoms with E-state index < -0.39 is 0 Å². The average Bonchev–Trinajstić information content (AvgIpc) is 2.73. The molecule has 0 atom stereocenters. The molecule has 0 radical (unpaired) electrons. The van der Waals surface area contributed by atoms with Crippen LogP contribution in [0.2, 0.25) is 0 Å². The van der Waals surface area contributed by atoms with Crippen LogP contribution < -0.4 is 0 Å². The maximum atomic E-state index is 13.2. The summed E-state index contributed by atoms with van der Waals surface area (Å²) >= 11 is 5.73. The third kappa shape index (κ3) is 2.39. The fourth-order valence-electron chi connectivity index (χ4n) is 3.38. The molecule has 0 unspecified atom stereocenters. The number of hydrogen-bond acceptors (Lipinski definition) is 2. The lowest BCUT2D eigenvalue weighted by Gasteiger charge is -2.10. The zero-order valence-corrected chi connectivity index (χ0v) is 13.9. The summed E-state index contributed by atoms with van der Waals surface area (Å²) < 4.78 is 18.3. The van der Waals surface area contributed by atoms with Crippen molar-refractivity contribution in [3.63, 3.8) is 0 Å². The van der Waals surface area contributed by atoms with Gasteiger partial charge in [-0.1, -0.05) is 18.6 Å². The van der Waals surface area contributed by atoms with Crippen molar-refractivity contribution in [1.29, 1.82) is 0 Å². The summed E-state index contributed by atoms with van der Waals surface area (Å²) in [6, 6.07) is 8.64. The van der Waals surface area contributed by atoms with Crippen molar-refractivity contribution in [2.24, 2.45) is 7.05 Å². The van der Waals surface area contributed by atoms with E-state index in [1.54, 1.807) is 12.1 Å². The minimum Gasteiger partial charge on any atom is -0.328 e. The zero-order valence-electron chi connectivity index (χ0n) is 13.1. The van der Waals surface area contributed by atoms with Gasteiger partial charge in [0.25, 0.3) is 0 Å². The second kappa shape index (κ2) is 5.57. The number of halogens is 1. The Balaban J connectivity index is 1.96. The molecule has 0 amide bonds. The molecule has 3 nitrogen and oxygen atoms in total. The fourth-order valence-corrected chi connectivity index (χ4v) is 3.73. The van der Waals surface area contributed by atoms with Crippen LogP contribution in [0.15, 0.2) is 30.3 Å². The Morgan fingerprint density at radius 2 is 1.91 bits per heavy atom. The summed E-state index contributed by atoms with van der Waals surface area (Å²) in [5.74, 6) is 0.865. The number of aryl methyl sites for hydroxylation is 2. The van der Waals surface area contributed by atoms with Gasteiger partial charge in [0.05, 0.1) is 11.1 Å². The van der Waals surface area contributed by atoms with Crippen LogP contribution in [0.25, 0.3) is 22.3 Å². The van der Waals surface area contributed by atoms with Crippen LogP contribution in [0.3, 0.4) is 0 Å². The summed E-state index contributed by atoms with van der Waals surface area (Å²) in [6.45, 7) is 0.956. The predicted molar refractivity (Wildman–Crippen MR) is 92.5 cm³/mol. The van der Waals surface area contributed by atoms with Crippen LogP contribution in [0, 0.1) is 10.5 Å². The fraction of sp³-hybridized carbons (Fsp3) is 0.333. The molecule has 0 aliphatic carbocycles. The summed E-state index contributed by atoms with van der Waals surface area (Å²) in [5.41, 5.74) is 2.91. The van der Waals surface area contributed by atoms with Crippen molar-refractivity contribution in [3.05, 3.63) is 46.6 Å². The lowest BCUT2D eigenvalue weighted by atomic mass is 10.1. The molecule has 118 valence electrons. The van der Waals surface area contributed by atoms with Gasteiger partial charge in [0.1, 0.15) is 21.9 Å². The van der Waals surface area contributed by atoms with Crippen LogP contribution >= 0.6 is 12.2 Å². The first kappa shape index (κ1) is 14.6. The Hall–Kier alpha value is -2.01. The van der Waals surface area contributed by atoms with Gasteiger partial charge in [-0.2, -0.15) is 0 Å². The van der Waals surface area contributed by atoms with Gasteiger partial charge in [0.2, 0.25) is 0 Å². The maximum absolute atomic E-state index is 13.2. The van der Waals surface area contributed by atoms with Gasteiger partial charge in [0, 0.05) is 20.0 Å². The molecule has 0 saturated heterocycles. The Bertz CT molecular complexity index is 938. The normalized spacial score (nSPS) is 14.7. The van der Waals surface area contributed by atoms with Crippen molar-refractivity contribution in [1.82, 2.24) is 14.1 Å². The van der Waals surface area contributed by atoms with E-state index in [1.807, 2.05) is 7.05 Å². The van der Waals surface area contributed by atoms with Crippen molar-refractivity contribution in [2.75, 3.05) is 0 Å². The second-order valence-electron chi connectivity index (χ2n) is 6.13. The highest BCUT2D eigenvalue weighted by Gasteiger charge is 2.16. The molecule has 0 fully saturated rings. The van der Waals surface area contributed by atoms with Gasteiger partial charge in [-0.25, -0.2) is 9.37 Å². The Morgan fingerprint density at radius 1 is 1.13 bits per heavy atom. The van der Waals surface area contributed by atoms with Crippen LogP contribution in [0.1, 0.15) is 25.1 Å². The SMILES string of the molecule is Cn1c(-c2ccc(F)cc2)cc2c(=S)n3c(nc21)CCCCC3. The van der Waals surface area contributed by atoms with Gasteiger partial charge in [-0.05, 0) is 48.7 Å². The quantitative estimate of drug-likeness (QED) is 0.608. The highest BCUT2D eigenvalue weighted by atomic mass is 32.1. The molecule has 0 saturated carbocycles. The molecule has 3 heterocycles. The highest BCUT2D eigenvalue weighted by molar-refractivity contribution is 7.71. The lowest BCUT2D eigenvalue weighted by Crippen LogP contribution is -2.09. The third-order valence-electron chi connectivity index (χ3n) is 4.65. The van der Waals surface area contributed by atoms with Crippen molar-refractivity contribution in [3.8, 4) is 11.3 Å². The number of aromatic nitrogens is 3. The summed E-state index contributed by atoms with van der Waals surface area (Å²) in [4.78, 5) is 4.89. The van der Waals surface area contributed by atoms with E-state index in [-0.39, 0.29) is 5.82 Å². The number of fused-ring (bicyclic) bond motifs is 2. The third-order valence-corrected chi connectivity index (χ3v) is 5.09. The van der Waals surface area contributed by atoms with E-state index in [9.17, 15) is 4.39 Å². The van der Waals surface area contributed by atoms with Gasteiger partial charge in [-0.15, -0.1) is 0 Å². The second-order valence-corrected chi connectivity index (χ2v) is 6.51.